The van der Waals surface area contributed by atoms with Gasteiger partial charge in [0.1, 0.15) is 12.1 Å². The van der Waals surface area contributed by atoms with E-state index in [-0.39, 0.29) is 25.3 Å². The van der Waals surface area contributed by atoms with Crippen molar-refractivity contribution < 1.29 is 14.3 Å². The SMILES string of the molecule is CNC(=O)c1ccnc2c([C@H](C)CNc3cc(-c4cnc(OC)c(COC)c4)ncn3)cccc12.S. The smallest absolute Gasteiger partial charge is 0.251 e. The summed E-state index contributed by atoms with van der Waals surface area (Å²) < 4.78 is 10.6. The zero-order valence-corrected chi connectivity index (χ0v) is 21.7. The van der Waals surface area contributed by atoms with Crippen molar-refractivity contribution >= 4 is 36.1 Å². The Morgan fingerprint density at radius 2 is 1.92 bits per heavy atom. The predicted octanol–water partition coefficient (Wildman–Crippen LogP) is 3.93. The second-order valence-electron chi connectivity index (χ2n) is 8.08. The fourth-order valence-corrected chi connectivity index (χ4v) is 3.99. The van der Waals surface area contributed by atoms with Crippen LogP contribution < -0.4 is 15.4 Å². The van der Waals surface area contributed by atoms with Gasteiger partial charge in [-0.3, -0.25) is 9.78 Å². The number of fused-ring (bicyclic) bond motifs is 1. The molecule has 0 unspecified atom stereocenters. The maximum absolute atomic E-state index is 12.3. The van der Waals surface area contributed by atoms with E-state index in [2.05, 4.69) is 37.5 Å². The number of amides is 1. The molecule has 0 aliphatic carbocycles. The van der Waals surface area contributed by atoms with Gasteiger partial charge in [0.15, 0.2) is 0 Å². The second kappa shape index (κ2) is 12.3. The molecule has 0 saturated carbocycles. The molecule has 2 N–H and O–H groups in total. The van der Waals surface area contributed by atoms with E-state index in [1.807, 2.05) is 30.3 Å². The van der Waals surface area contributed by atoms with Gasteiger partial charge in [-0.05, 0) is 17.7 Å². The number of para-hydroxylation sites is 1. The van der Waals surface area contributed by atoms with Gasteiger partial charge in [-0.1, -0.05) is 25.1 Å². The molecule has 0 aliphatic heterocycles. The minimum atomic E-state index is -0.129. The van der Waals surface area contributed by atoms with E-state index in [0.29, 0.717) is 30.4 Å². The normalized spacial score (nSPS) is 11.4. The second-order valence-corrected chi connectivity index (χ2v) is 8.08. The molecule has 1 aromatic carbocycles. The van der Waals surface area contributed by atoms with Gasteiger partial charge in [0, 0.05) is 61.6 Å². The van der Waals surface area contributed by atoms with E-state index >= 15 is 0 Å². The molecule has 1 amide bonds. The number of nitrogens with one attached hydrogen (secondary N) is 2. The van der Waals surface area contributed by atoms with Crippen molar-refractivity contribution in [3.05, 3.63) is 71.8 Å². The Hall–Kier alpha value is -3.76. The van der Waals surface area contributed by atoms with Crippen LogP contribution in [0, 0.1) is 0 Å². The van der Waals surface area contributed by atoms with Crippen molar-refractivity contribution in [1.82, 2.24) is 25.3 Å². The van der Waals surface area contributed by atoms with Crippen molar-refractivity contribution in [2.45, 2.75) is 19.4 Å². The van der Waals surface area contributed by atoms with Crippen LogP contribution in [0.4, 0.5) is 5.82 Å². The standard InChI is InChI=1S/C26H28N6O3.H2S/c1-16(19-6-5-7-20-21(25(33)27-2)8-9-28-24(19)20)12-29-23-11-22(31-15-32-23)17-10-18(14-34-3)26(35-4)30-13-17;/h5-11,13,15-16H,12,14H2,1-4H3,(H,27,33)(H,29,31,32);1H2/t16-;/m1./s1. The van der Waals surface area contributed by atoms with Crippen LogP contribution in [0.25, 0.3) is 22.2 Å². The monoisotopic (exact) mass is 506 g/mol. The summed E-state index contributed by atoms with van der Waals surface area (Å²) in [7, 11) is 4.84. The van der Waals surface area contributed by atoms with Gasteiger partial charge in [0.05, 0.1) is 30.5 Å². The van der Waals surface area contributed by atoms with Gasteiger partial charge in [0.2, 0.25) is 5.88 Å². The lowest BCUT2D eigenvalue weighted by atomic mass is 9.96. The summed E-state index contributed by atoms with van der Waals surface area (Å²) in [5, 5.41) is 6.93. The Kier molecular flexibility index (Phi) is 9.15. The van der Waals surface area contributed by atoms with Crippen molar-refractivity contribution in [3.63, 3.8) is 0 Å². The summed E-state index contributed by atoms with van der Waals surface area (Å²) in [4.78, 5) is 30.0. The maximum atomic E-state index is 12.3. The molecular formula is C26H30N6O3S. The molecule has 0 bridgehead atoms. The first-order valence-corrected chi connectivity index (χ1v) is 11.2. The van der Waals surface area contributed by atoms with Crippen LogP contribution >= 0.6 is 13.5 Å². The zero-order chi connectivity index (χ0) is 24.8. The number of rotatable bonds is 9. The Bertz CT molecular complexity index is 1350. The number of hydrogen-bond acceptors (Lipinski definition) is 8. The number of carbonyl (C=O) groups is 1. The van der Waals surface area contributed by atoms with Crippen LogP contribution in [-0.4, -0.2) is 53.7 Å². The quantitative estimate of drug-likeness (QED) is 0.351. The number of ether oxygens (including phenoxy) is 2. The molecule has 0 aliphatic rings. The number of nitrogens with zero attached hydrogens (tertiary/aromatic N) is 4. The molecule has 3 heterocycles. The molecule has 3 aromatic heterocycles. The highest BCUT2D eigenvalue weighted by Gasteiger charge is 2.15. The van der Waals surface area contributed by atoms with Gasteiger partial charge < -0.3 is 20.1 Å². The molecule has 0 saturated heterocycles. The fourth-order valence-electron chi connectivity index (χ4n) is 3.99. The molecule has 0 radical (unpaired) electrons. The zero-order valence-electron chi connectivity index (χ0n) is 20.7. The molecule has 4 aromatic rings. The number of methoxy groups -OCH3 is 2. The third-order valence-electron chi connectivity index (χ3n) is 5.78. The third-order valence-corrected chi connectivity index (χ3v) is 5.78. The van der Waals surface area contributed by atoms with Crippen molar-refractivity contribution in [1.29, 1.82) is 0 Å². The Balaban J connectivity index is 0.00000361. The molecule has 0 spiro atoms. The summed E-state index contributed by atoms with van der Waals surface area (Å²) in [5.74, 6) is 1.21. The summed E-state index contributed by atoms with van der Waals surface area (Å²) in [5.41, 5.74) is 4.91. The summed E-state index contributed by atoms with van der Waals surface area (Å²) >= 11 is 0. The molecule has 4 rings (SSSR count). The van der Waals surface area contributed by atoms with Crippen LogP contribution in [0.3, 0.4) is 0 Å². The number of benzene rings is 1. The van der Waals surface area contributed by atoms with E-state index in [1.54, 1.807) is 39.7 Å². The highest BCUT2D eigenvalue weighted by Crippen LogP contribution is 2.28. The minimum Gasteiger partial charge on any atom is -0.481 e. The Morgan fingerprint density at radius 1 is 1.08 bits per heavy atom. The van der Waals surface area contributed by atoms with E-state index in [9.17, 15) is 4.79 Å². The number of anilines is 1. The molecular weight excluding hydrogens is 476 g/mol. The highest BCUT2D eigenvalue weighted by molar-refractivity contribution is 7.59. The first-order valence-electron chi connectivity index (χ1n) is 11.2. The van der Waals surface area contributed by atoms with Gasteiger partial charge in [0.25, 0.3) is 5.91 Å². The number of hydrogen-bond donors (Lipinski definition) is 2. The molecule has 1 atom stereocenters. The van der Waals surface area contributed by atoms with Crippen LogP contribution in [0.5, 0.6) is 5.88 Å². The minimum absolute atomic E-state index is 0. The molecule has 36 heavy (non-hydrogen) atoms. The molecule has 0 fully saturated rings. The maximum Gasteiger partial charge on any atom is 0.251 e. The van der Waals surface area contributed by atoms with Gasteiger partial charge in [-0.25, -0.2) is 15.0 Å². The van der Waals surface area contributed by atoms with Crippen molar-refractivity contribution in [2.24, 2.45) is 0 Å². The first-order chi connectivity index (χ1) is 17.0. The number of pyridine rings is 2. The molecule has 10 heteroatoms. The van der Waals surface area contributed by atoms with Crippen molar-refractivity contribution in [3.8, 4) is 17.1 Å². The molecule has 188 valence electrons. The van der Waals surface area contributed by atoms with Gasteiger partial charge in [-0.15, -0.1) is 0 Å². The predicted molar refractivity (Wildman–Crippen MR) is 145 cm³/mol. The van der Waals surface area contributed by atoms with Crippen LogP contribution in [0.2, 0.25) is 0 Å². The van der Waals surface area contributed by atoms with E-state index < -0.39 is 0 Å². The lowest BCUT2D eigenvalue weighted by Crippen LogP contribution is -2.18. The summed E-state index contributed by atoms with van der Waals surface area (Å²) in [6.45, 7) is 3.12. The van der Waals surface area contributed by atoms with Gasteiger partial charge in [-0.2, -0.15) is 13.5 Å². The topological polar surface area (TPSA) is 111 Å². The lowest BCUT2D eigenvalue weighted by Gasteiger charge is -2.16. The number of carbonyl (C=O) groups excluding carboxylic acids is 1. The van der Waals surface area contributed by atoms with Crippen LogP contribution in [0.15, 0.2) is 55.1 Å². The van der Waals surface area contributed by atoms with E-state index in [4.69, 9.17) is 9.47 Å². The highest BCUT2D eigenvalue weighted by atomic mass is 32.1. The largest absolute Gasteiger partial charge is 0.481 e. The average molecular weight is 507 g/mol. The summed E-state index contributed by atoms with van der Waals surface area (Å²) in [6.07, 6.45) is 4.92. The molecule has 9 nitrogen and oxygen atoms in total. The van der Waals surface area contributed by atoms with E-state index in [1.165, 1.54) is 6.33 Å². The fraction of sp³-hybridized carbons (Fsp3) is 0.269. The van der Waals surface area contributed by atoms with Crippen LogP contribution in [-0.2, 0) is 11.3 Å². The van der Waals surface area contributed by atoms with E-state index in [0.717, 1.165) is 33.3 Å². The number of aromatic nitrogens is 4. The Labute approximate surface area is 217 Å². The average Bonchev–Trinajstić information content (AvgIpc) is 2.91. The van der Waals surface area contributed by atoms with Gasteiger partial charge >= 0.3 is 0 Å². The lowest BCUT2D eigenvalue weighted by molar-refractivity contribution is 0.0964. The van der Waals surface area contributed by atoms with Crippen LogP contribution in [0.1, 0.15) is 34.3 Å². The third kappa shape index (κ3) is 5.72. The first kappa shape index (κ1) is 26.8. The Morgan fingerprint density at radius 3 is 2.67 bits per heavy atom. The van der Waals surface area contributed by atoms with Crippen molar-refractivity contribution in [2.75, 3.05) is 33.1 Å². The summed E-state index contributed by atoms with van der Waals surface area (Å²) in [6, 6.07) is 11.5.